The molecule has 0 saturated heterocycles. The second kappa shape index (κ2) is 5.30. The Bertz CT molecular complexity index is 621. The van der Waals surface area contributed by atoms with Crippen molar-refractivity contribution < 1.29 is 14.7 Å². The number of hydrogen-bond acceptors (Lipinski definition) is 4. The fraction of sp³-hybridized carbons (Fsp3) is 0.167. The van der Waals surface area contributed by atoms with Gasteiger partial charge in [0.15, 0.2) is 0 Å². The van der Waals surface area contributed by atoms with Crippen molar-refractivity contribution in [3.63, 3.8) is 0 Å². The molecule has 0 saturated carbocycles. The molecule has 19 heavy (non-hydrogen) atoms. The van der Waals surface area contributed by atoms with Gasteiger partial charge in [0.1, 0.15) is 11.5 Å². The van der Waals surface area contributed by atoms with E-state index < -0.39 is 5.97 Å². The van der Waals surface area contributed by atoms with Crippen molar-refractivity contribution in [1.82, 2.24) is 19.9 Å². The van der Waals surface area contributed by atoms with E-state index in [0.717, 1.165) is 0 Å². The molecule has 0 fully saturated rings. The lowest BCUT2D eigenvalue weighted by molar-refractivity contribution is 0.0690. The van der Waals surface area contributed by atoms with Crippen LogP contribution in [-0.2, 0) is 13.6 Å². The van der Waals surface area contributed by atoms with Crippen molar-refractivity contribution in [1.29, 1.82) is 0 Å². The Labute approximate surface area is 108 Å². The first kappa shape index (κ1) is 12.7. The number of rotatable bonds is 4. The van der Waals surface area contributed by atoms with Gasteiger partial charge in [-0.1, -0.05) is 0 Å². The molecule has 0 aliphatic rings. The van der Waals surface area contributed by atoms with Crippen LogP contribution in [0.1, 0.15) is 26.7 Å². The molecule has 2 N–H and O–H groups in total. The van der Waals surface area contributed by atoms with Gasteiger partial charge in [0, 0.05) is 31.2 Å². The zero-order valence-corrected chi connectivity index (χ0v) is 10.2. The van der Waals surface area contributed by atoms with Crippen LogP contribution in [0.5, 0.6) is 0 Å². The minimum Gasteiger partial charge on any atom is -0.477 e. The number of aromatic nitrogens is 3. The number of imidazole rings is 1. The predicted molar refractivity (Wildman–Crippen MR) is 65.6 cm³/mol. The largest absolute Gasteiger partial charge is 0.477 e. The van der Waals surface area contributed by atoms with Crippen molar-refractivity contribution in [2.24, 2.45) is 7.05 Å². The predicted octanol–water partition coefficient (Wildman–Crippen LogP) is 0.443. The molecule has 0 unspecified atom stereocenters. The van der Waals surface area contributed by atoms with Gasteiger partial charge in [-0.25, -0.2) is 14.8 Å². The van der Waals surface area contributed by atoms with Gasteiger partial charge >= 0.3 is 5.97 Å². The number of amides is 1. The third kappa shape index (κ3) is 2.95. The Kier molecular flexibility index (Phi) is 3.56. The first-order valence-corrected chi connectivity index (χ1v) is 5.51. The first-order chi connectivity index (χ1) is 9.08. The minimum absolute atomic E-state index is 0.162. The molecule has 0 aliphatic heterocycles. The summed E-state index contributed by atoms with van der Waals surface area (Å²) in [7, 11) is 1.82. The number of pyridine rings is 1. The molecule has 2 aromatic rings. The average molecular weight is 260 g/mol. The highest BCUT2D eigenvalue weighted by Gasteiger charge is 2.11. The summed E-state index contributed by atoms with van der Waals surface area (Å²) >= 11 is 0. The fourth-order valence-electron chi connectivity index (χ4n) is 1.52. The Balaban J connectivity index is 2.06. The monoisotopic (exact) mass is 260 g/mol. The highest BCUT2D eigenvalue weighted by Crippen LogP contribution is 2.03. The smallest absolute Gasteiger partial charge is 0.354 e. The van der Waals surface area contributed by atoms with E-state index in [2.05, 4.69) is 15.3 Å². The minimum atomic E-state index is -1.17. The molecule has 0 radical (unpaired) electrons. The van der Waals surface area contributed by atoms with E-state index in [0.29, 0.717) is 5.82 Å². The maximum Gasteiger partial charge on any atom is 0.354 e. The molecule has 2 rings (SSSR count). The van der Waals surface area contributed by atoms with E-state index in [1.807, 2.05) is 7.05 Å². The standard InChI is InChI=1S/C12H12N4O3/c1-16-5-4-14-10(16)7-15-11(17)8-2-3-13-9(6-8)12(18)19/h2-6H,7H2,1H3,(H,15,17)(H,18,19). The van der Waals surface area contributed by atoms with E-state index in [-0.39, 0.29) is 23.7 Å². The maximum absolute atomic E-state index is 11.9. The number of carbonyl (C=O) groups is 2. The van der Waals surface area contributed by atoms with Gasteiger partial charge in [-0.15, -0.1) is 0 Å². The number of aromatic carboxylic acids is 1. The van der Waals surface area contributed by atoms with E-state index >= 15 is 0 Å². The van der Waals surface area contributed by atoms with Crippen LogP contribution < -0.4 is 5.32 Å². The molecule has 7 heteroatoms. The number of aryl methyl sites for hydroxylation is 1. The summed E-state index contributed by atoms with van der Waals surface area (Å²) in [6.07, 6.45) is 4.70. The van der Waals surface area contributed by atoms with E-state index in [4.69, 9.17) is 5.11 Å². The highest BCUT2D eigenvalue weighted by atomic mass is 16.4. The van der Waals surface area contributed by atoms with Crippen LogP contribution in [0.3, 0.4) is 0 Å². The zero-order valence-electron chi connectivity index (χ0n) is 10.2. The molecule has 7 nitrogen and oxygen atoms in total. The van der Waals surface area contributed by atoms with E-state index in [1.54, 1.807) is 17.0 Å². The summed E-state index contributed by atoms with van der Waals surface area (Å²) < 4.78 is 1.79. The number of hydrogen-bond donors (Lipinski definition) is 2. The van der Waals surface area contributed by atoms with Gasteiger partial charge in [0.05, 0.1) is 6.54 Å². The van der Waals surface area contributed by atoms with Crippen LogP contribution in [0, 0.1) is 0 Å². The second-order valence-electron chi connectivity index (χ2n) is 3.87. The topological polar surface area (TPSA) is 97.1 Å². The van der Waals surface area contributed by atoms with Crippen molar-refractivity contribution in [2.75, 3.05) is 0 Å². The fourth-order valence-corrected chi connectivity index (χ4v) is 1.52. The van der Waals surface area contributed by atoms with Gasteiger partial charge in [0.25, 0.3) is 5.91 Å². The van der Waals surface area contributed by atoms with Gasteiger partial charge in [0.2, 0.25) is 0 Å². The number of nitrogens with one attached hydrogen (secondary N) is 1. The third-order valence-corrected chi connectivity index (χ3v) is 2.57. The number of nitrogens with zero attached hydrogens (tertiary/aromatic N) is 3. The molecule has 2 heterocycles. The van der Waals surface area contributed by atoms with Crippen LogP contribution in [0.25, 0.3) is 0 Å². The first-order valence-electron chi connectivity index (χ1n) is 5.51. The molecule has 2 aromatic heterocycles. The van der Waals surface area contributed by atoms with E-state index in [9.17, 15) is 9.59 Å². The summed E-state index contributed by atoms with van der Waals surface area (Å²) in [4.78, 5) is 30.3. The summed E-state index contributed by atoms with van der Waals surface area (Å²) in [5.41, 5.74) is 0.0891. The lowest BCUT2D eigenvalue weighted by Gasteiger charge is -2.05. The third-order valence-electron chi connectivity index (χ3n) is 2.57. The number of carboxylic acid groups (broad SMARTS) is 1. The summed E-state index contributed by atoms with van der Waals surface area (Å²) in [6, 6.07) is 2.69. The number of carboxylic acids is 1. The summed E-state index contributed by atoms with van der Waals surface area (Å²) in [6.45, 7) is 0.271. The van der Waals surface area contributed by atoms with Gasteiger partial charge in [-0.2, -0.15) is 0 Å². The SMILES string of the molecule is Cn1ccnc1CNC(=O)c1ccnc(C(=O)O)c1. The molecular weight excluding hydrogens is 248 g/mol. The normalized spacial score (nSPS) is 10.2. The Hall–Kier alpha value is -2.70. The zero-order chi connectivity index (χ0) is 13.8. The molecule has 0 aromatic carbocycles. The van der Waals surface area contributed by atoms with Crippen LogP contribution in [-0.4, -0.2) is 31.5 Å². The Morgan fingerprint density at radius 3 is 2.79 bits per heavy atom. The van der Waals surface area contributed by atoms with Gasteiger partial charge < -0.3 is 15.0 Å². The lowest BCUT2D eigenvalue weighted by atomic mass is 10.2. The Morgan fingerprint density at radius 2 is 2.16 bits per heavy atom. The second-order valence-corrected chi connectivity index (χ2v) is 3.87. The van der Waals surface area contributed by atoms with Crippen molar-refractivity contribution in [3.8, 4) is 0 Å². The van der Waals surface area contributed by atoms with Crippen molar-refractivity contribution >= 4 is 11.9 Å². The molecule has 0 bridgehead atoms. The van der Waals surface area contributed by atoms with E-state index in [1.165, 1.54) is 18.3 Å². The summed E-state index contributed by atoms with van der Waals surface area (Å²) in [5.74, 6) is -0.826. The molecule has 0 spiro atoms. The summed E-state index contributed by atoms with van der Waals surface area (Å²) in [5, 5.41) is 11.5. The van der Waals surface area contributed by atoms with Crippen molar-refractivity contribution in [3.05, 3.63) is 47.8 Å². The maximum atomic E-state index is 11.9. The van der Waals surface area contributed by atoms with Gasteiger partial charge in [-0.05, 0) is 12.1 Å². The molecule has 98 valence electrons. The Morgan fingerprint density at radius 1 is 1.37 bits per heavy atom. The molecular formula is C12H12N4O3. The van der Waals surface area contributed by atoms with Crippen molar-refractivity contribution in [2.45, 2.75) is 6.54 Å². The van der Waals surface area contributed by atoms with Crippen LogP contribution >= 0.6 is 0 Å². The molecule has 0 aliphatic carbocycles. The van der Waals surface area contributed by atoms with Crippen LogP contribution in [0.2, 0.25) is 0 Å². The highest BCUT2D eigenvalue weighted by molar-refractivity contribution is 5.96. The quantitative estimate of drug-likeness (QED) is 0.831. The van der Waals surface area contributed by atoms with Gasteiger partial charge in [-0.3, -0.25) is 4.79 Å². The molecule has 1 amide bonds. The number of carbonyl (C=O) groups excluding carboxylic acids is 1. The van der Waals surface area contributed by atoms with Crippen LogP contribution in [0.4, 0.5) is 0 Å². The average Bonchev–Trinajstić information content (AvgIpc) is 2.81. The van der Waals surface area contributed by atoms with Crippen LogP contribution in [0.15, 0.2) is 30.7 Å². The lowest BCUT2D eigenvalue weighted by Crippen LogP contribution is -2.24. The molecule has 0 atom stereocenters.